The zero-order valence-corrected chi connectivity index (χ0v) is 8.55. The van der Waals surface area contributed by atoms with E-state index in [1.165, 1.54) is 0 Å². The molecule has 3 nitrogen and oxygen atoms in total. The van der Waals surface area contributed by atoms with Gasteiger partial charge in [0.05, 0.1) is 5.92 Å². The molecule has 76 valence electrons. The summed E-state index contributed by atoms with van der Waals surface area (Å²) in [7, 11) is 0. The van der Waals surface area contributed by atoms with E-state index in [9.17, 15) is 4.79 Å². The standard InChI is InChI=1S/C10H20N2O/c1-3-4-9(11)7(2)10(13)12-8-5-6-8/h7-9H,3-6,11H2,1-2H3,(H,12,13)/t7-,9+/m1/s1. The van der Waals surface area contributed by atoms with Gasteiger partial charge in [0.15, 0.2) is 0 Å². The number of nitrogens with one attached hydrogen (secondary N) is 1. The SMILES string of the molecule is CCC[C@H](N)[C@@H](C)C(=O)NC1CC1. The Morgan fingerprint density at radius 1 is 1.62 bits per heavy atom. The highest BCUT2D eigenvalue weighted by atomic mass is 16.2. The van der Waals surface area contributed by atoms with Gasteiger partial charge in [-0.1, -0.05) is 20.3 Å². The fourth-order valence-electron chi connectivity index (χ4n) is 1.34. The first-order valence-electron chi connectivity index (χ1n) is 5.21. The van der Waals surface area contributed by atoms with Crippen molar-refractivity contribution in [3.63, 3.8) is 0 Å². The minimum Gasteiger partial charge on any atom is -0.353 e. The average molecular weight is 184 g/mol. The summed E-state index contributed by atoms with van der Waals surface area (Å²) in [6, 6.07) is 0.465. The topological polar surface area (TPSA) is 55.1 Å². The minimum absolute atomic E-state index is 0.0174. The van der Waals surface area contributed by atoms with Crippen LogP contribution in [0, 0.1) is 5.92 Å². The molecule has 0 saturated heterocycles. The molecule has 0 spiro atoms. The third-order valence-electron chi connectivity index (χ3n) is 2.60. The number of carbonyl (C=O) groups is 1. The third-order valence-corrected chi connectivity index (χ3v) is 2.60. The fraction of sp³-hybridized carbons (Fsp3) is 0.900. The Morgan fingerprint density at radius 2 is 2.23 bits per heavy atom. The lowest BCUT2D eigenvalue weighted by molar-refractivity contribution is -0.125. The largest absolute Gasteiger partial charge is 0.353 e. The van der Waals surface area contributed by atoms with Crippen molar-refractivity contribution in [3.8, 4) is 0 Å². The van der Waals surface area contributed by atoms with Crippen LogP contribution in [-0.4, -0.2) is 18.0 Å². The number of amides is 1. The van der Waals surface area contributed by atoms with Crippen molar-refractivity contribution in [1.82, 2.24) is 5.32 Å². The van der Waals surface area contributed by atoms with Crippen LogP contribution in [0.3, 0.4) is 0 Å². The predicted octanol–water partition coefficient (Wildman–Crippen LogP) is 1.03. The summed E-state index contributed by atoms with van der Waals surface area (Å²) < 4.78 is 0. The molecule has 0 aromatic carbocycles. The molecule has 3 N–H and O–H groups in total. The number of carbonyl (C=O) groups excluding carboxylic acids is 1. The molecular weight excluding hydrogens is 164 g/mol. The summed E-state index contributed by atoms with van der Waals surface area (Å²) >= 11 is 0. The molecular formula is C10H20N2O. The Bertz CT molecular complexity index is 178. The molecule has 1 fully saturated rings. The van der Waals surface area contributed by atoms with E-state index in [-0.39, 0.29) is 17.9 Å². The molecule has 3 heteroatoms. The normalized spacial score (nSPS) is 20.8. The maximum Gasteiger partial charge on any atom is 0.224 e. The summed E-state index contributed by atoms with van der Waals surface area (Å²) in [5.74, 6) is 0.0870. The van der Waals surface area contributed by atoms with Gasteiger partial charge in [-0.15, -0.1) is 0 Å². The molecule has 13 heavy (non-hydrogen) atoms. The van der Waals surface area contributed by atoms with Crippen molar-refractivity contribution in [2.45, 2.75) is 51.6 Å². The third kappa shape index (κ3) is 3.35. The summed E-state index contributed by atoms with van der Waals surface area (Å²) in [5.41, 5.74) is 5.86. The molecule has 0 unspecified atom stereocenters. The smallest absolute Gasteiger partial charge is 0.224 e. The van der Waals surface area contributed by atoms with Crippen molar-refractivity contribution in [2.75, 3.05) is 0 Å². The van der Waals surface area contributed by atoms with Gasteiger partial charge in [-0.25, -0.2) is 0 Å². The fourth-order valence-corrected chi connectivity index (χ4v) is 1.34. The Kier molecular flexibility index (Phi) is 3.72. The van der Waals surface area contributed by atoms with Crippen molar-refractivity contribution < 1.29 is 4.79 Å². The van der Waals surface area contributed by atoms with E-state index in [1.54, 1.807) is 0 Å². The molecule has 0 radical (unpaired) electrons. The van der Waals surface area contributed by atoms with Crippen LogP contribution in [0.15, 0.2) is 0 Å². The van der Waals surface area contributed by atoms with Gasteiger partial charge >= 0.3 is 0 Å². The van der Waals surface area contributed by atoms with Gasteiger partial charge < -0.3 is 11.1 Å². The molecule has 0 aliphatic heterocycles. The van der Waals surface area contributed by atoms with Crippen molar-refractivity contribution in [2.24, 2.45) is 11.7 Å². The average Bonchev–Trinajstić information content (AvgIpc) is 2.87. The van der Waals surface area contributed by atoms with Crippen LogP contribution in [0.1, 0.15) is 39.5 Å². The molecule has 1 saturated carbocycles. The number of hydrogen-bond donors (Lipinski definition) is 2. The molecule has 1 aliphatic rings. The second kappa shape index (κ2) is 4.61. The zero-order valence-electron chi connectivity index (χ0n) is 8.55. The van der Waals surface area contributed by atoms with Crippen molar-refractivity contribution in [3.05, 3.63) is 0 Å². The van der Waals surface area contributed by atoms with Gasteiger partial charge in [-0.3, -0.25) is 4.79 Å². The van der Waals surface area contributed by atoms with Gasteiger partial charge in [0.25, 0.3) is 0 Å². The van der Waals surface area contributed by atoms with E-state index in [1.807, 2.05) is 6.92 Å². The van der Waals surface area contributed by atoms with Gasteiger partial charge in [-0.05, 0) is 19.3 Å². The van der Waals surface area contributed by atoms with Crippen LogP contribution in [-0.2, 0) is 4.79 Å². The molecule has 1 aliphatic carbocycles. The lowest BCUT2D eigenvalue weighted by Crippen LogP contribution is -2.40. The van der Waals surface area contributed by atoms with E-state index in [0.29, 0.717) is 6.04 Å². The van der Waals surface area contributed by atoms with Crippen LogP contribution in [0.25, 0.3) is 0 Å². The molecule has 1 rings (SSSR count). The van der Waals surface area contributed by atoms with Crippen LogP contribution >= 0.6 is 0 Å². The Hall–Kier alpha value is -0.570. The van der Waals surface area contributed by atoms with Crippen LogP contribution in [0.5, 0.6) is 0 Å². The summed E-state index contributed by atoms with van der Waals surface area (Å²) in [5, 5.41) is 2.97. The van der Waals surface area contributed by atoms with Crippen LogP contribution in [0.4, 0.5) is 0 Å². The molecule has 2 atom stereocenters. The second-order valence-corrected chi connectivity index (χ2v) is 4.02. The van der Waals surface area contributed by atoms with E-state index in [0.717, 1.165) is 25.7 Å². The van der Waals surface area contributed by atoms with Gasteiger partial charge in [0, 0.05) is 12.1 Å². The zero-order chi connectivity index (χ0) is 9.84. The first-order chi connectivity index (χ1) is 6.15. The van der Waals surface area contributed by atoms with Gasteiger partial charge in [0.1, 0.15) is 0 Å². The first kappa shape index (κ1) is 10.5. The highest BCUT2D eigenvalue weighted by Gasteiger charge is 2.27. The molecule has 0 heterocycles. The lowest BCUT2D eigenvalue weighted by Gasteiger charge is -2.18. The summed E-state index contributed by atoms with van der Waals surface area (Å²) in [6.45, 7) is 4.00. The number of hydrogen-bond acceptors (Lipinski definition) is 2. The second-order valence-electron chi connectivity index (χ2n) is 4.02. The molecule has 1 amide bonds. The quantitative estimate of drug-likeness (QED) is 0.670. The summed E-state index contributed by atoms with van der Waals surface area (Å²) in [6.07, 6.45) is 4.25. The van der Waals surface area contributed by atoms with Gasteiger partial charge in [0.2, 0.25) is 5.91 Å². The number of rotatable bonds is 5. The van der Waals surface area contributed by atoms with Gasteiger partial charge in [-0.2, -0.15) is 0 Å². The Morgan fingerprint density at radius 3 is 2.69 bits per heavy atom. The van der Waals surface area contributed by atoms with Crippen molar-refractivity contribution >= 4 is 5.91 Å². The molecule has 0 aromatic heterocycles. The van der Waals surface area contributed by atoms with Crippen LogP contribution in [0.2, 0.25) is 0 Å². The Labute approximate surface area is 80.1 Å². The van der Waals surface area contributed by atoms with E-state index in [2.05, 4.69) is 12.2 Å². The van der Waals surface area contributed by atoms with E-state index < -0.39 is 0 Å². The van der Waals surface area contributed by atoms with Crippen LogP contribution < -0.4 is 11.1 Å². The summed E-state index contributed by atoms with van der Waals surface area (Å²) in [4.78, 5) is 11.5. The lowest BCUT2D eigenvalue weighted by atomic mass is 9.98. The predicted molar refractivity (Wildman–Crippen MR) is 53.2 cm³/mol. The van der Waals surface area contributed by atoms with E-state index >= 15 is 0 Å². The highest BCUT2D eigenvalue weighted by Crippen LogP contribution is 2.19. The monoisotopic (exact) mass is 184 g/mol. The van der Waals surface area contributed by atoms with E-state index in [4.69, 9.17) is 5.73 Å². The minimum atomic E-state index is -0.0412. The highest BCUT2D eigenvalue weighted by molar-refractivity contribution is 5.79. The maximum absolute atomic E-state index is 11.5. The molecule has 0 aromatic rings. The number of nitrogens with two attached hydrogens (primary N) is 1. The first-order valence-corrected chi connectivity index (χ1v) is 5.21. The maximum atomic E-state index is 11.5. The Balaban J connectivity index is 2.26. The molecule has 0 bridgehead atoms. The van der Waals surface area contributed by atoms with Crippen molar-refractivity contribution in [1.29, 1.82) is 0 Å².